The molecule has 4 aromatic carbocycles. The summed E-state index contributed by atoms with van der Waals surface area (Å²) in [5.74, 6) is 8.79. The number of nitrogens with zero attached hydrogens (tertiary/aromatic N) is 2. The molecule has 16 heteroatoms. The van der Waals surface area contributed by atoms with E-state index >= 15 is 0 Å². The highest BCUT2D eigenvalue weighted by molar-refractivity contribution is 5.98. The van der Waals surface area contributed by atoms with Crippen molar-refractivity contribution in [3.05, 3.63) is 81.9 Å². The van der Waals surface area contributed by atoms with Crippen LogP contribution in [-0.2, 0) is 31.9 Å². The van der Waals surface area contributed by atoms with E-state index in [0.29, 0.717) is 92.4 Å². The van der Waals surface area contributed by atoms with Gasteiger partial charge in [0.25, 0.3) is 0 Å². The number of carbonyl (C=O) groups is 2. The first-order valence-corrected chi connectivity index (χ1v) is 22.4. The van der Waals surface area contributed by atoms with Crippen molar-refractivity contribution in [2.75, 3.05) is 125 Å². The van der Waals surface area contributed by atoms with Gasteiger partial charge in [-0.1, -0.05) is 0 Å². The number of esters is 2. The predicted octanol–water partition coefficient (Wildman–Crippen LogP) is 6.53. The average molecular weight is 943 g/mol. The SMILES string of the molecule is COc1ccc(C2c3c(cc(OC)c(OC)c3OC)CC[N+]2(C)CCCOC(=O)C#CC(=O)OCCC[N+]2(C)CCc3cc(OC)c(OC)c(OC)c3C2c2ccc(OC)c(OC)c2)cc1OC. The minimum absolute atomic E-state index is 0.0925. The predicted molar refractivity (Wildman–Crippen MR) is 253 cm³/mol. The number of ether oxygens (including phenoxy) is 12. The molecule has 0 fully saturated rings. The molecule has 2 heterocycles. The van der Waals surface area contributed by atoms with Gasteiger partial charge >= 0.3 is 11.9 Å². The smallest absolute Gasteiger partial charge is 0.384 e. The molecule has 0 saturated heterocycles. The molecule has 6 rings (SSSR count). The Morgan fingerprint density at radius 2 is 0.824 bits per heavy atom. The van der Waals surface area contributed by atoms with Crippen LogP contribution in [0.5, 0.6) is 57.5 Å². The summed E-state index contributed by atoms with van der Waals surface area (Å²) in [7, 11) is 20.4. The summed E-state index contributed by atoms with van der Waals surface area (Å²) in [5.41, 5.74) is 6.08. The Labute approximate surface area is 399 Å². The quantitative estimate of drug-likeness (QED) is 0.0312. The van der Waals surface area contributed by atoms with Gasteiger partial charge in [0.2, 0.25) is 11.5 Å². The lowest BCUT2D eigenvalue weighted by molar-refractivity contribution is -0.935. The molecule has 0 saturated carbocycles. The van der Waals surface area contributed by atoms with Gasteiger partial charge in [0.05, 0.1) is 136 Å². The molecule has 16 nitrogen and oxygen atoms in total. The third kappa shape index (κ3) is 10.2. The van der Waals surface area contributed by atoms with E-state index in [0.717, 1.165) is 59.3 Å². The Balaban J connectivity index is 1.11. The summed E-state index contributed by atoms with van der Waals surface area (Å²) in [6.07, 6.45) is 2.51. The van der Waals surface area contributed by atoms with Crippen LogP contribution in [0.3, 0.4) is 0 Å². The largest absolute Gasteiger partial charge is 0.493 e. The molecular weight excluding hydrogens is 877 g/mol. The van der Waals surface area contributed by atoms with Crippen LogP contribution >= 0.6 is 0 Å². The van der Waals surface area contributed by atoms with Crippen molar-refractivity contribution in [3.8, 4) is 69.3 Å². The monoisotopic (exact) mass is 942 g/mol. The number of carbonyl (C=O) groups excluding carboxylic acids is 2. The molecule has 0 N–H and O–H groups in total. The fourth-order valence-electron chi connectivity index (χ4n) is 10.0. The van der Waals surface area contributed by atoms with Crippen molar-refractivity contribution in [1.82, 2.24) is 0 Å². The Hall–Kier alpha value is -6.70. The van der Waals surface area contributed by atoms with Gasteiger partial charge in [-0.2, -0.15) is 0 Å². The van der Waals surface area contributed by atoms with Crippen molar-refractivity contribution >= 4 is 11.9 Å². The highest BCUT2D eigenvalue weighted by Gasteiger charge is 2.46. The normalized spacial score (nSPS) is 19.1. The van der Waals surface area contributed by atoms with E-state index in [1.54, 1.807) is 71.1 Å². The zero-order chi connectivity index (χ0) is 49.2. The van der Waals surface area contributed by atoms with Gasteiger partial charge in [-0.3, -0.25) is 0 Å². The fraction of sp³-hybridized carbons (Fsp3) is 0.462. The molecule has 0 aliphatic carbocycles. The summed E-state index contributed by atoms with van der Waals surface area (Å²) in [6, 6.07) is 15.4. The van der Waals surface area contributed by atoms with Crippen LogP contribution in [0.4, 0.5) is 0 Å². The fourth-order valence-corrected chi connectivity index (χ4v) is 10.0. The molecule has 0 aromatic heterocycles. The molecule has 4 aromatic rings. The molecule has 4 unspecified atom stereocenters. The van der Waals surface area contributed by atoms with E-state index in [1.807, 2.05) is 48.5 Å². The van der Waals surface area contributed by atoms with E-state index in [-0.39, 0.29) is 25.3 Å². The molecule has 0 amide bonds. The maximum absolute atomic E-state index is 12.8. The Morgan fingerprint density at radius 3 is 1.15 bits per heavy atom. The molecule has 366 valence electrons. The first-order chi connectivity index (χ1) is 32.8. The lowest BCUT2D eigenvalue weighted by atomic mass is 9.84. The second-order valence-electron chi connectivity index (χ2n) is 17.1. The summed E-state index contributed by atoms with van der Waals surface area (Å²) in [4.78, 5) is 25.6. The van der Waals surface area contributed by atoms with Gasteiger partial charge in [0.1, 0.15) is 12.1 Å². The second-order valence-corrected chi connectivity index (χ2v) is 17.1. The molecule has 0 spiro atoms. The second kappa shape index (κ2) is 22.4. The van der Waals surface area contributed by atoms with Crippen LogP contribution in [0.2, 0.25) is 0 Å². The van der Waals surface area contributed by atoms with E-state index in [1.165, 1.54) is 0 Å². The van der Waals surface area contributed by atoms with Gasteiger partial charge < -0.3 is 65.8 Å². The highest BCUT2D eigenvalue weighted by atomic mass is 16.6. The van der Waals surface area contributed by atoms with Gasteiger partial charge in [0.15, 0.2) is 46.0 Å². The van der Waals surface area contributed by atoms with Crippen molar-refractivity contribution < 1.29 is 75.4 Å². The number of rotatable bonds is 20. The third-order valence-electron chi connectivity index (χ3n) is 13.3. The number of methoxy groups -OCH3 is 10. The van der Waals surface area contributed by atoms with Gasteiger partial charge in [0, 0.05) is 48.7 Å². The number of hydrogen-bond acceptors (Lipinski definition) is 14. The Kier molecular flexibility index (Phi) is 16.7. The van der Waals surface area contributed by atoms with Crippen molar-refractivity contribution in [2.24, 2.45) is 0 Å². The van der Waals surface area contributed by atoms with Gasteiger partial charge in [-0.25, -0.2) is 9.59 Å². The Morgan fingerprint density at radius 1 is 0.471 bits per heavy atom. The summed E-state index contributed by atoms with van der Waals surface area (Å²) >= 11 is 0. The first-order valence-electron chi connectivity index (χ1n) is 22.4. The highest BCUT2D eigenvalue weighted by Crippen LogP contribution is 2.54. The van der Waals surface area contributed by atoms with E-state index < -0.39 is 11.9 Å². The lowest BCUT2D eigenvalue weighted by Crippen LogP contribution is -2.52. The van der Waals surface area contributed by atoms with E-state index in [4.69, 9.17) is 56.8 Å². The molecular formula is C52H66N2O14+2. The number of hydrogen-bond donors (Lipinski definition) is 0. The molecule has 2 aliphatic rings. The lowest BCUT2D eigenvalue weighted by Gasteiger charge is -2.46. The van der Waals surface area contributed by atoms with Crippen LogP contribution in [0.1, 0.15) is 58.3 Å². The molecule has 0 radical (unpaired) electrons. The maximum atomic E-state index is 12.8. The maximum Gasteiger partial charge on any atom is 0.384 e. The van der Waals surface area contributed by atoms with Crippen molar-refractivity contribution in [2.45, 2.75) is 37.8 Å². The topological polar surface area (TPSA) is 145 Å². The number of quaternary nitrogens is 2. The van der Waals surface area contributed by atoms with Crippen LogP contribution < -0.4 is 47.4 Å². The molecule has 0 bridgehead atoms. The van der Waals surface area contributed by atoms with E-state index in [9.17, 15) is 9.59 Å². The van der Waals surface area contributed by atoms with Crippen LogP contribution in [-0.4, -0.2) is 145 Å². The zero-order valence-corrected chi connectivity index (χ0v) is 41.5. The molecule has 4 atom stereocenters. The summed E-state index contributed by atoms with van der Waals surface area (Å²) < 4.78 is 69.8. The minimum atomic E-state index is -0.813. The first kappa shape index (κ1) is 50.7. The number of benzene rings is 4. The van der Waals surface area contributed by atoms with Crippen molar-refractivity contribution in [3.63, 3.8) is 0 Å². The van der Waals surface area contributed by atoms with Crippen LogP contribution in [0.15, 0.2) is 48.5 Å². The van der Waals surface area contributed by atoms with Gasteiger partial charge in [-0.05, 0) is 59.7 Å². The van der Waals surface area contributed by atoms with Crippen molar-refractivity contribution in [1.29, 1.82) is 0 Å². The molecule has 68 heavy (non-hydrogen) atoms. The van der Waals surface area contributed by atoms with Crippen LogP contribution in [0.25, 0.3) is 0 Å². The van der Waals surface area contributed by atoms with Crippen LogP contribution in [0, 0.1) is 11.8 Å². The minimum Gasteiger partial charge on any atom is -0.493 e. The average Bonchev–Trinajstić information content (AvgIpc) is 3.36. The zero-order valence-electron chi connectivity index (χ0n) is 41.5. The summed E-state index contributed by atoms with van der Waals surface area (Å²) in [6.45, 7) is 2.98. The molecule has 2 aliphatic heterocycles. The summed E-state index contributed by atoms with van der Waals surface area (Å²) in [5, 5.41) is 0. The Bertz CT molecular complexity index is 2350. The van der Waals surface area contributed by atoms with E-state index in [2.05, 4.69) is 25.9 Å². The standard InChI is InChI=1S/C52H66N2O14/c1-53(25-21-33-29-41(61-7)49(63-9)51(65-11)45(33)47(53)35-15-17-37(57-3)39(31-35)59-5)23-13-27-67-43(55)19-20-44(56)68-28-14-24-54(2)26-22-34-30-42(62-8)50(64-10)52(66-12)46(34)48(54)36-16-18-38(58-4)40(32-36)60-6/h15-18,29-32,47-48H,13-14,21-28H2,1-12H3/q+2. The number of fused-ring (bicyclic) bond motifs is 2. The third-order valence-corrected chi connectivity index (χ3v) is 13.3. The van der Waals surface area contributed by atoms with Gasteiger partial charge in [-0.15, -0.1) is 0 Å². The number of likely N-dealkylation sites (N-methyl/N-ethyl adjacent to an activating group) is 2.